The third-order valence-electron chi connectivity index (χ3n) is 2.27. The van der Waals surface area contributed by atoms with E-state index in [1.165, 1.54) is 0 Å². The van der Waals surface area contributed by atoms with Gasteiger partial charge in [-0.1, -0.05) is 18.6 Å². The Labute approximate surface area is 77.8 Å². The lowest BCUT2D eigenvalue weighted by molar-refractivity contribution is 0.187. The van der Waals surface area contributed by atoms with Crippen LogP contribution < -0.4 is 11.1 Å². The number of allylic oxidation sites excluding steroid dienone is 1. The number of carbonyl (C=O) groups is 1. The molecule has 0 saturated carbocycles. The van der Waals surface area contributed by atoms with Gasteiger partial charge in [-0.2, -0.15) is 0 Å². The van der Waals surface area contributed by atoms with Gasteiger partial charge in [-0.3, -0.25) is 0 Å². The number of hydrogen-bond acceptors (Lipinski definition) is 2. The van der Waals surface area contributed by atoms with E-state index in [0.29, 0.717) is 0 Å². The molecule has 74 valence electrons. The molecule has 0 saturated heterocycles. The first-order valence-corrected chi connectivity index (χ1v) is 4.62. The number of nitrogens with two attached hydrogens (primary N) is 1. The monoisotopic (exact) mass is 184 g/mol. The molecule has 0 radical (unpaired) electrons. The molecule has 0 bridgehead atoms. The van der Waals surface area contributed by atoms with Gasteiger partial charge in [0.05, 0.1) is 6.04 Å². The molecule has 4 heteroatoms. The molecule has 13 heavy (non-hydrogen) atoms. The zero-order valence-electron chi connectivity index (χ0n) is 7.57. The first-order valence-electron chi connectivity index (χ1n) is 4.62. The molecule has 1 aliphatic rings. The predicted molar refractivity (Wildman–Crippen MR) is 50.5 cm³/mol. The summed E-state index contributed by atoms with van der Waals surface area (Å²) in [5.41, 5.74) is 5.78. The molecular formula is C9H16N2O2. The van der Waals surface area contributed by atoms with Crippen molar-refractivity contribution in [1.82, 2.24) is 5.32 Å². The number of amides is 1. The average molecular weight is 184 g/mol. The Balaban J connectivity index is 2.52. The topological polar surface area (TPSA) is 75.3 Å². The molecule has 2 unspecified atom stereocenters. The summed E-state index contributed by atoms with van der Waals surface area (Å²) in [5.74, 6) is 0. The highest BCUT2D eigenvalue weighted by molar-refractivity contribution is 5.65. The second-order valence-corrected chi connectivity index (χ2v) is 3.35. The molecule has 4 nitrogen and oxygen atoms in total. The minimum atomic E-state index is -0.991. The molecule has 0 fully saturated rings. The van der Waals surface area contributed by atoms with Gasteiger partial charge < -0.3 is 16.2 Å². The zero-order chi connectivity index (χ0) is 9.68. The Kier molecular flexibility index (Phi) is 3.76. The highest BCUT2D eigenvalue weighted by Gasteiger charge is 2.17. The Morgan fingerprint density at radius 2 is 2.31 bits per heavy atom. The largest absolute Gasteiger partial charge is 0.465 e. The highest BCUT2D eigenvalue weighted by Crippen LogP contribution is 2.11. The van der Waals surface area contributed by atoms with Crippen LogP contribution in [0.15, 0.2) is 12.2 Å². The summed E-state index contributed by atoms with van der Waals surface area (Å²) in [6.07, 6.45) is 6.95. The quantitative estimate of drug-likeness (QED) is 0.534. The van der Waals surface area contributed by atoms with Gasteiger partial charge in [-0.15, -0.1) is 0 Å². The van der Waals surface area contributed by atoms with Crippen molar-refractivity contribution in [1.29, 1.82) is 0 Å². The van der Waals surface area contributed by atoms with Crippen molar-refractivity contribution < 1.29 is 9.90 Å². The van der Waals surface area contributed by atoms with Gasteiger partial charge in [0, 0.05) is 6.04 Å². The van der Waals surface area contributed by atoms with Crippen LogP contribution in [0, 0.1) is 0 Å². The van der Waals surface area contributed by atoms with Crippen LogP contribution in [0.25, 0.3) is 0 Å². The van der Waals surface area contributed by atoms with E-state index in [-0.39, 0.29) is 12.1 Å². The fourth-order valence-electron chi connectivity index (χ4n) is 1.53. The van der Waals surface area contributed by atoms with Crippen LogP contribution in [0.4, 0.5) is 4.79 Å². The molecule has 0 aromatic rings. The lowest BCUT2D eigenvalue weighted by Crippen LogP contribution is -2.46. The summed E-state index contributed by atoms with van der Waals surface area (Å²) < 4.78 is 0. The molecular weight excluding hydrogens is 168 g/mol. The summed E-state index contributed by atoms with van der Waals surface area (Å²) in [6, 6.07) is -0.314. The van der Waals surface area contributed by atoms with Gasteiger partial charge >= 0.3 is 6.09 Å². The summed E-state index contributed by atoms with van der Waals surface area (Å²) in [5, 5.41) is 11.0. The highest BCUT2D eigenvalue weighted by atomic mass is 16.4. The van der Waals surface area contributed by atoms with Crippen molar-refractivity contribution in [3.8, 4) is 0 Å². The van der Waals surface area contributed by atoms with Gasteiger partial charge in [0.25, 0.3) is 0 Å². The van der Waals surface area contributed by atoms with E-state index >= 15 is 0 Å². The Hall–Kier alpha value is -1.03. The Morgan fingerprint density at radius 3 is 3.00 bits per heavy atom. The fourth-order valence-corrected chi connectivity index (χ4v) is 1.53. The lowest BCUT2D eigenvalue weighted by Gasteiger charge is -2.22. The van der Waals surface area contributed by atoms with E-state index in [4.69, 9.17) is 10.8 Å². The zero-order valence-corrected chi connectivity index (χ0v) is 7.57. The van der Waals surface area contributed by atoms with Crippen LogP contribution in [0.5, 0.6) is 0 Å². The minimum Gasteiger partial charge on any atom is -0.465 e. The van der Waals surface area contributed by atoms with E-state index in [2.05, 4.69) is 5.32 Å². The van der Waals surface area contributed by atoms with Crippen molar-refractivity contribution in [3.05, 3.63) is 12.2 Å². The standard InChI is InChI=1S/C9H16N2O2/c10-7-5-3-1-2-4-6-8(7)11-9(12)13/h3,5,7-8,11H,1-2,4,6,10H2,(H,12,13)/b5-3+. The van der Waals surface area contributed by atoms with Gasteiger partial charge in [-0.05, 0) is 19.3 Å². The fraction of sp³-hybridized carbons (Fsp3) is 0.667. The van der Waals surface area contributed by atoms with Crippen LogP contribution in [-0.4, -0.2) is 23.3 Å². The van der Waals surface area contributed by atoms with Crippen LogP contribution in [0.1, 0.15) is 25.7 Å². The van der Waals surface area contributed by atoms with Crippen LogP contribution >= 0.6 is 0 Å². The van der Waals surface area contributed by atoms with Crippen molar-refractivity contribution in [2.75, 3.05) is 0 Å². The molecule has 1 amide bonds. The van der Waals surface area contributed by atoms with Gasteiger partial charge in [0.1, 0.15) is 0 Å². The predicted octanol–water partition coefficient (Wildman–Crippen LogP) is 1.08. The van der Waals surface area contributed by atoms with E-state index in [1.54, 1.807) is 0 Å². The maximum Gasteiger partial charge on any atom is 0.404 e. The first kappa shape index (κ1) is 10.1. The summed E-state index contributed by atoms with van der Waals surface area (Å²) in [6.45, 7) is 0. The number of hydrogen-bond donors (Lipinski definition) is 3. The lowest BCUT2D eigenvalue weighted by atomic mass is 9.98. The average Bonchev–Trinajstić information content (AvgIpc) is 2.04. The van der Waals surface area contributed by atoms with Gasteiger partial charge in [0.15, 0.2) is 0 Å². The van der Waals surface area contributed by atoms with Crippen LogP contribution in [0.2, 0.25) is 0 Å². The second-order valence-electron chi connectivity index (χ2n) is 3.35. The van der Waals surface area contributed by atoms with Crippen molar-refractivity contribution >= 4 is 6.09 Å². The van der Waals surface area contributed by atoms with Crippen LogP contribution in [0.3, 0.4) is 0 Å². The summed E-state index contributed by atoms with van der Waals surface area (Å²) in [4.78, 5) is 10.4. The molecule has 0 spiro atoms. The van der Waals surface area contributed by atoms with Gasteiger partial charge in [0.2, 0.25) is 0 Å². The van der Waals surface area contributed by atoms with Gasteiger partial charge in [-0.25, -0.2) is 4.79 Å². The molecule has 2 atom stereocenters. The Morgan fingerprint density at radius 1 is 1.54 bits per heavy atom. The van der Waals surface area contributed by atoms with Crippen LogP contribution in [-0.2, 0) is 0 Å². The summed E-state index contributed by atoms with van der Waals surface area (Å²) in [7, 11) is 0. The molecule has 0 aromatic carbocycles. The van der Waals surface area contributed by atoms with Crippen molar-refractivity contribution in [2.24, 2.45) is 5.73 Å². The third-order valence-corrected chi connectivity index (χ3v) is 2.27. The van der Waals surface area contributed by atoms with Crippen molar-refractivity contribution in [3.63, 3.8) is 0 Å². The molecule has 0 aliphatic heterocycles. The molecule has 1 rings (SSSR count). The SMILES string of the molecule is NC1/C=C/CCCCC1NC(=O)O. The van der Waals surface area contributed by atoms with Crippen molar-refractivity contribution in [2.45, 2.75) is 37.8 Å². The minimum absolute atomic E-state index is 0.131. The van der Waals surface area contributed by atoms with E-state index in [0.717, 1.165) is 25.7 Å². The van der Waals surface area contributed by atoms with E-state index in [1.807, 2.05) is 12.2 Å². The molecule has 0 aromatic heterocycles. The first-order chi connectivity index (χ1) is 6.20. The number of rotatable bonds is 1. The Bertz CT molecular complexity index is 204. The molecule has 0 heterocycles. The maximum atomic E-state index is 10.4. The summed E-state index contributed by atoms with van der Waals surface area (Å²) >= 11 is 0. The molecule has 1 aliphatic carbocycles. The number of carboxylic acid groups (broad SMARTS) is 1. The third kappa shape index (κ3) is 3.46. The maximum absolute atomic E-state index is 10.4. The van der Waals surface area contributed by atoms with E-state index < -0.39 is 6.09 Å². The normalized spacial score (nSPS) is 31.5. The smallest absolute Gasteiger partial charge is 0.404 e. The second kappa shape index (κ2) is 4.87. The number of nitrogens with one attached hydrogen (secondary N) is 1. The molecule has 4 N–H and O–H groups in total. The van der Waals surface area contributed by atoms with E-state index in [9.17, 15) is 4.79 Å².